The van der Waals surface area contributed by atoms with E-state index >= 15 is 0 Å². The zero-order chi connectivity index (χ0) is 14.4. The molecule has 5 nitrogen and oxygen atoms in total. The number of guanidine groups is 1. The van der Waals surface area contributed by atoms with E-state index in [1.54, 1.807) is 14.1 Å². The Bertz CT molecular complexity index is 500. The number of nitrogens with one attached hydrogen (secondary N) is 3. The number of rotatable bonds is 5. The van der Waals surface area contributed by atoms with E-state index in [2.05, 4.69) is 20.9 Å². The monoisotopic (exact) mass is 402 g/mol. The van der Waals surface area contributed by atoms with E-state index in [9.17, 15) is 4.79 Å². The molecule has 1 aliphatic carbocycles. The zero-order valence-corrected chi connectivity index (χ0v) is 14.8. The average Bonchev–Trinajstić information content (AvgIpc) is 3.29. The van der Waals surface area contributed by atoms with Crippen molar-refractivity contribution in [3.63, 3.8) is 0 Å². The minimum absolute atomic E-state index is 0. The van der Waals surface area contributed by atoms with Crippen LogP contribution in [0, 0.1) is 0 Å². The Morgan fingerprint density at radius 2 is 2.14 bits per heavy atom. The van der Waals surface area contributed by atoms with E-state index in [1.807, 2.05) is 24.3 Å². The second-order valence-corrected chi connectivity index (χ2v) is 4.95. The van der Waals surface area contributed by atoms with Gasteiger partial charge in [-0.2, -0.15) is 0 Å². The molecule has 0 radical (unpaired) electrons. The second kappa shape index (κ2) is 8.86. The molecular weight excluding hydrogens is 379 g/mol. The van der Waals surface area contributed by atoms with E-state index in [0.717, 1.165) is 24.5 Å². The van der Waals surface area contributed by atoms with Crippen molar-refractivity contribution in [2.24, 2.45) is 4.99 Å². The van der Waals surface area contributed by atoms with Crippen molar-refractivity contribution in [3.8, 4) is 0 Å². The fourth-order valence-corrected chi connectivity index (χ4v) is 1.95. The lowest BCUT2D eigenvalue weighted by atomic mass is 10.1. The number of amides is 1. The summed E-state index contributed by atoms with van der Waals surface area (Å²) < 4.78 is 0. The van der Waals surface area contributed by atoms with Gasteiger partial charge in [0.2, 0.25) is 0 Å². The van der Waals surface area contributed by atoms with Crippen LogP contribution in [0.4, 0.5) is 0 Å². The summed E-state index contributed by atoms with van der Waals surface area (Å²) in [5.74, 6) is 0.806. The van der Waals surface area contributed by atoms with E-state index < -0.39 is 0 Å². The molecule has 2 rings (SSSR count). The van der Waals surface area contributed by atoms with Gasteiger partial charge in [-0.1, -0.05) is 12.1 Å². The van der Waals surface area contributed by atoms with Crippen LogP contribution >= 0.6 is 24.0 Å². The maximum absolute atomic E-state index is 11.6. The van der Waals surface area contributed by atoms with E-state index in [1.165, 1.54) is 12.8 Å². The van der Waals surface area contributed by atoms with Crippen molar-refractivity contribution >= 4 is 35.8 Å². The van der Waals surface area contributed by atoms with Crippen molar-refractivity contribution in [2.45, 2.75) is 25.3 Å². The molecule has 0 bridgehead atoms. The topological polar surface area (TPSA) is 65.5 Å². The summed E-state index contributed by atoms with van der Waals surface area (Å²) in [6.07, 6.45) is 3.32. The largest absolute Gasteiger partial charge is 0.356 e. The maximum atomic E-state index is 11.6. The molecule has 21 heavy (non-hydrogen) atoms. The van der Waals surface area contributed by atoms with Crippen LogP contribution < -0.4 is 16.0 Å². The molecule has 0 aromatic heterocycles. The molecule has 1 aromatic rings. The van der Waals surface area contributed by atoms with Gasteiger partial charge in [-0.15, -0.1) is 24.0 Å². The standard InChI is InChI=1S/C15H22N4O.HI/c1-16-14(20)12-5-3-4-11(10-12)8-9-18-15(17-2)19-13-6-7-13;/h3-5,10,13H,6-9H2,1-2H3,(H,16,20)(H2,17,18,19);1H. The van der Waals surface area contributed by atoms with Crippen molar-refractivity contribution in [3.05, 3.63) is 35.4 Å². The number of aliphatic imine (C=N–C) groups is 1. The second-order valence-electron chi connectivity index (χ2n) is 4.95. The first-order valence-corrected chi connectivity index (χ1v) is 7.01. The van der Waals surface area contributed by atoms with Gasteiger partial charge >= 0.3 is 0 Å². The van der Waals surface area contributed by atoms with E-state index in [0.29, 0.717) is 11.6 Å². The molecule has 1 aromatic carbocycles. The third-order valence-corrected chi connectivity index (χ3v) is 3.26. The molecule has 1 fully saturated rings. The van der Waals surface area contributed by atoms with E-state index in [4.69, 9.17) is 0 Å². The highest BCUT2D eigenvalue weighted by Gasteiger charge is 2.21. The van der Waals surface area contributed by atoms with Gasteiger partial charge in [-0.05, 0) is 37.0 Å². The Kier molecular flexibility index (Phi) is 7.49. The molecule has 0 heterocycles. The first-order valence-electron chi connectivity index (χ1n) is 7.01. The van der Waals surface area contributed by atoms with Gasteiger partial charge in [0, 0.05) is 32.2 Å². The highest BCUT2D eigenvalue weighted by Crippen LogP contribution is 2.18. The van der Waals surface area contributed by atoms with Crippen molar-refractivity contribution in [1.82, 2.24) is 16.0 Å². The minimum atomic E-state index is -0.0500. The lowest BCUT2D eigenvalue weighted by molar-refractivity contribution is 0.0963. The van der Waals surface area contributed by atoms with Gasteiger partial charge in [-0.3, -0.25) is 9.79 Å². The lowest BCUT2D eigenvalue weighted by Gasteiger charge is -2.11. The van der Waals surface area contributed by atoms with Crippen LogP contribution in [0.2, 0.25) is 0 Å². The van der Waals surface area contributed by atoms with Gasteiger partial charge in [-0.25, -0.2) is 0 Å². The predicted octanol–water partition coefficient (Wildman–Crippen LogP) is 1.53. The van der Waals surface area contributed by atoms with Crippen molar-refractivity contribution in [1.29, 1.82) is 0 Å². The molecule has 3 N–H and O–H groups in total. The molecule has 0 aliphatic heterocycles. The Morgan fingerprint density at radius 3 is 2.76 bits per heavy atom. The van der Waals surface area contributed by atoms with Crippen molar-refractivity contribution < 1.29 is 4.79 Å². The molecule has 6 heteroatoms. The molecule has 1 saturated carbocycles. The normalized spacial score (nSPS) is 14.1. The van der Waals surface area contributed by atoms with Crippen LogP contribution in [0.1, 0.15) is 28.8 Å². The van der Waals surface area contributed by atoms with Crippen LogP contribution in [0.15, 0.2) is 29.3 Å². The first kappa shape index (κ1) is 17.7. The average molecular weight is 402 g/mol. The highest BCUT2D eigenvalue weighted by atomic mass is 127. The number of benzene rings is 1. The fraction of sp³-hybridized carbons (Fsp3) is 0.467. The van der Waals surface area contributed by atoms with Crippen LogP contribution in [0.3, 0.4) is 0 Å². The first-order chi connectivity index (χ1) is 9.72. The number of halogens is 1. The number of hydrogen-bond donors (Lipinski definition) is 3. The minimum Gasteiger partial charge on any atom is -0.356 e. The van der Waals surface area contributed by atoms with Crippen LogP contribution in [0.25, 0.3) is 0 Å². The van der Waals surface area contributed by atoms with Gasteiger partial charge in [0.1, 0.15) is 0 Å². The summed E-state index contributed by atoms with van der Waals surface area (Å²) in [6, 6.07) is 8.29. The number of carbonyl (C=O) groups excluding carboxylic acids is 1. The smallest absolute Gasteiger partial charge is 0.251 e. The van der Waals surface area contributed by atoms with Gasteiger partial charge in [0.25, 0.3) is 5.91 Å². The number of hydrogen-bond acceptors (Lipinski definition) is 2. The van der Waals surface area contributed by atoms with Crippen LogP contribution in [-0.2, 0) is 6.42 Å². The molecule has 0 saturated heterocycles. The molecule has 116 valence electrons. The molecule has 0 atom stereocenters. The quantitative estimate of drug-likeness (QED) is 0.398. The molecule has 0 unspecified atom stereocenters. The Morgan fingerprint density at radius 1 is 1.38 bits per heavy atom. The summed E-state index contributed by atoms with van der Waals surface area (Å²) in [7, 11) is 3.42. The summed E-state index contributed by atoms with van der Waals surface area (Å²) in [5, 5.41) is 9.27. The Hall–Kier alpha value is -1.31. The Labute approximate surface area is 143 Å². The van der Waals surface area contributed by atoms with Gasteiger partial charge in [0.15, 0.2) is 5.96 Å². The van der Waals surface area contributed by atoms with Crippen molar-refractivity contribution in [2.75, 3.05) is 20.6 Å². The number of nitrogens with zero attached hydrogens (tertiary/aromatic N) is 1. The third kappa shape index (κ3) is 5.91. The summed E-state index contributed by atoms with van der Waals surface area (Å²) in [5.41, 5.74) is 1.84. The SMILES string of the molecule is CN=C(NCCc1cccc(C(=O)NC)c1)NC1CC1.I. The van der Waals surface area contributed by atoms with E-state index in [-0.39, 0.29) is 29.9 Å². The molecular formula is C15H23IN4O. The van der Waals surface area contributed by atoms with Crippen LogP contribution in [0.5, 0.6) is 0 Å². The molecule has 0 spiro atoms. The molecule has 1 aliphatic rings. The maximum Gasteiger partial charge on any atom is 0.251 e. The summed E-state index contributed by atoms with van der Waals surface area (Å²) >= 11 is 0. The lowest BCUT2D eigenvalue weighted by Crippen LogP contribution is -2.39. The number of carbonyl (C=O) groups is 1. The fourth-order valence-electron chi connectivity index (χ4n) is 1.95. The third-order valence-electron chi connectivity index (χ3n) is 3.26. The highest BCUT2D eigenvalue weighted by molar-refractivity contribution is 14.0. The Balaban J connectivity index is 0.00000220. The van der Waals surface area contributed by atoms with Crippen LogP contribution in [-0.4, -0.2) is 38.5 Å². The predicted molar refractivity (Wildman–Crippen MR) is 96.5 cm³/mol. The van der Waals surface area contributed by atoms with Gasteiger partial charge < -0.3 is 16.0 Å². The summed E-state index contributed by atoms with van der Waals surface area (Å²) in [4.78, 5) is 15.8. The molecule has 1 amide bonds. The summed E-state index contributed by atoms with van der Waals surface area (Å²) in [6.45, 7) is 0.795. The zero-order valence-electron chi connectivity index (χ0n) is 12.5. The van der Waals surface area contributed by atoms with Gasteiger partial charge in [0.05, 0.1) is 0 Å².